The lowest BCUT2D eigenvalue weighted by atomic mass is 9.73. The number of carboxylic acid groups (broad SMARTS) is 1. The molecule has 1 aromatic heterocycles. The molecule has 0 saturated carbocycles. The molecule has 8 atom stereocenters. The number of amides is 2. The number of aromatic nitrogens is 4. The van der Waals surface area contributed by atoms with Crippen molar-refractivity contribution in [1.82, 2.24) is 40.6 Å². The summed E-state index contributed by atoms with van der Waals surface area (Å²) in [6.45, 7) is 7.04. The second kappa shape index (κ2) is 10.9. The van der Waals surface area contributed by atoms with E-state index in [0.717, 1.165) is 32.5 Å². The van der Waals surface area contributed by atoms with Gasteiger partial charge < -0.3 is 25.5 Å². The van der Waals surface area contributed by atoms with Crippen LogP contribution < -0.4 is 10.6 Å². The second-order valence-corrected chi connectivity index (χ2v) is 13.2. The van der Waals surface area contributed by atoms with Crippen molar-refractivity contribution in [3.05, 3.63) is 16.9 Å². The zero-order chi connectivity index (χ0) is 28.1. The Balaban J connectivity index is 1.08. The maximum Gasteiger partial charge on any atom is 0.353 e. The first kappa shape index (κ1) is 27.3. The number of hydrogen-bond acceptors (Lipinski definition) is 10. The van der Waals surface area contributed by atoms with Crippen molar-refractivity contribution in [3.63, 3.8) is 0 Å². The highest BCUT2D eigenvalue weighted by atomic mass is 32.2. The molecule has 4 fully saturated rings. The Labute approximate surface area is 236 Å². The van der Waals surface area contributed by atoms with E-state index in [1.54, 1.807) is 0 Å². The molecule has 5 aliphatic heterocycles. The number of aliphatic carboxylic acids is 1. The molecule has 13 nitrogen and oxygen atoms in total. The number of carbonyl (C=O) groups is 4. The molecular weight excluding hydrogens is 536 g/mol. The van der Waals surface area contributed by atoms with E-state index in [4.69, 9.17) is 0 Å². The number of β-lactam (4-membered cyclic amide) rings is 1. The Morgan fingerprint density at radius 2 is 2.08 bits per heavy atom. The molecule has 0 spiro atoms. The van der Waals surface area contributed by atoms with Gasteiger partial charge in [-0.05, 0) is 48.1 Å². The fraction of sp³-hybridized carbons (Fsp3) is 0.731. The van der Waals surface area contributed by atoms with Gasteiger partial charge in [0.2, 0.25) is 11.8 Å². The maximum absolute atomic E-state index is 13.3. The van der Waals surface area contributed by atoms with Crippen molar-refractivity contribution >= 4 is 35.3 Å². The van der Waals surface area contributed by atoms with Gasteiger partial charge in [-0.15, -0.1) is 16.9 Å². The number of rotatable bonds is 9. The topological polar surface area (TPSA) is 163 Å². The molecule has 14 heteroatoms. The molecule has 6 heterocycles. The summed E-state index contributed by atoms with van der Waals surface area (Å²) in [5.41, 5.74) is 0.0560. The van der Waals surface area contributed by atoms with Crippen LogP contribution in [0.25, 0.3) is 0 Å². The average molecular weight is 573 g/mol. The fourth-order valence-electron chi connectivity index (χ4n) is 7.36. The minimum Gasteiger partial charge on any atom is -0.477 e. The number of fused-ring (bicyclic) bond motifs is 2. The van der Waals surface area contributed by atoms with E-state index in [9.17, 15) is 24.3 Å². The monoisotopic (exact) mass is 572 g/mol. The molecule has 0 bridgehead atoms. The standard InChI is InChI=1S/C26H36N8O5S/c1-13(6-16(35)10-33-12-29-30-31-33)20-21-14(2)23(22(26(38)39)34(21)25(20)37)40-17-7-18(28-8-17)24(36)32-9-15-4-3-5-27-19(15)11-32/h12-15,17-21,27-28H,3-11H2,1-2H3,(H,38,39)/t13-,14+,15?,17-,18-,19?,20+,21+/m0/s1. The van der Waals surface area contributed by atoms with Gasteiger partial charge in [-0.3, -0.25) is 14.4 Å². The second-order valence-electron chi connectivity index (χ2n) is 11.9. The molecule has 40 heavy (non-hydrogen) atoms. The molecule has 6 rings (SSSR count). The van der Waals surface area contributed by atoms with Crippen molar-refractivity contribution in [2.75, 3.05) is 26.2 Å². The highest BCUT2D eigenvalue weighted by molar-refractivity contribution is 8.03. The van der Waals surface area contributed by atoms with Crippen LogP contribution in [0, 0.1) is 23.7 Å². The van der Waals surface area contributed by atoms with E-state index in [0.29, 0.717) is 29.8 Å². The predicted molar refractivity (Wildman–Crippen MR) is 143 cm³/mol. The van der Waals surface area contributed by atoms with Crippen molar-refractivity contribution < 1.29 is 24.3 Å². The molecule has 0 radical (unpaired) electrons. The fourth-order valence-corrected chi connectivity index (χ4v) is 8.84. The van der Waals surface area contributed by atoms with Crippen LogP contribution in [0.1, 0.15) is 39.5 Å². The number of thioether (sulfide) groups is 1. The Hall–Kier alpha value is -2.84. The van der Waals surface area contributed by atoms with Crippen LogP contribution in [-0.4, -0.2) is 108 Å². The maximum atomic E-state index is 13.3. The Morgan fingerprint density at radius 3 is 2.80 bits per heavy atom. The molecule has 0 aliphatic carbocycles. The van der Waals surface area contributed by atoms with E-state index >= 15 is 0 Å². The first-order chi connectivity index (χ1) is 19.2. The first-order valence-electron chi connectivity index (χ1n) is 14.2. The van der Waals surface area contributed by atoms with Gasteiger partial charge >= 0.3 is 5.97 Å². The van der Waals surface area contributed by atoms with E-state index in [1.165, 1.54) is 27.7 Å². The van der Waals surface area contributed by atoms with E-state index in [-0.39, 0.29) is 65.4 Å². The zero-order valence-electron chi connectivity index (χ0n) is 22.7. The van der Waals surface area contributed by atoms with Gasteiger partial charge in [-0.2, -0.15) is 0 Å². The number of carbonyl (C=O) groups excluding carboxylic acids is 3. The van der Waals surface area contributed by atoms with E-state index in [2.05, 4.69) is 26.2 Å². The molecule has 2 amide bonds. The van der Waals surface area contributed by atoms with Crippen LogP contribution in [0.5, 0.6) is 0 Å². The first-order valence-corrected chi connectivity index (χ1v) is 15.1. The number of ketones is 1. The lowest BCUT2D eigenvalue weighted by molar-refractivity contribution is -0.160. The molecule has 216 valence electrons. The van der Waals surface area contributed by atoms with Crippen LogP contribution >= 0.6 is 11.8 Å². The highest BCUT2D eigenvalue weighted by Gasteiger charge is 2.60. The summed E-state index contributed by atoms with van der Waals surface area (Å²) in [5.74, 6) is -1.62. The summed E-state index contributed by atoms with van der Waals surface area (Å²) in [6.07, 6.45) is 4.48. The Kier molecular flexibility index (Phi) is 7.42. The Morgan fingerprint density at radius 1 is 1.25 bits per heavy atom. The van der Waals surface area contributed by atoms with Crippen LogP contribution in [0.3, 0.4) is 0 Å². The molecule has 0 aromatic carbocycles. The van der Waals surface area contributed by atoms with Gasteiger partial charge in [0, 0.05) is 48.2 Å². The number of nitrogens with one attached hydrogen (secondary N) is 2. The Bertz CT molecular complexity index is 1210. The summed E-state index contributed by atoms with van der Waals surface area (Å²) in [5, 5.41) is 27.8. The number of carboxylic acids is 1. The number of nitrogens with zero attached hydrogens (tertiary/aromatic N) is 6. The number of Topliss-reactive ketones (excluding diaryl/α,β-unsaturated/α-hetero) is 1. The third-order valence-electron chi connectivity index (χ3n) is 9.28. The molecule has 1 aromatic rings. The predicted octanol–water partition coefficient (Wildman–Crippen LogP) is -0.285. The van der Waals surface area contributed by atoms with Gasteiger partial charge in [0.1, 0.15) is 18.6 Å². The summed E-state index contributed by atoms with van der Waals surface area (Å²) in [6, 6.07) is -0.177. The summed E-state index contributed by atoms with van der Waals surface area (Å²) < 4.78 is 1.35. The smallest absolute Gasteiger partial charge is 0.353 e. The lowest BCUT2D eigenvalue weighted by Crippen LogP contribution is -2.62. The summed E-state index contributed by atoms with van der Waals surface area (Å²) in [4.78, 5) is 55.5. The number of tetrazole rings is 1. The minimum atomic E-state index is -1.11. The van der Waals surface area contributed by atoms with Crippen molar-refractivity contribution in [3.8, 4) is 0 Å². The van der Waals surface area contributed by atoms with Gasteiger partial charge in [0.25, 0.3) is 0 Å². The summed E-state index contributed by atoms with van der Waals surface area (Å²) in [7, 11) is 0. The molecule has 2 unspecified atom stereocenters. The third kappa shape index (κ3) is 4.83. The van der Waals surface area contributed by atoms with Crippen LogP contribution in [0.15, 0.2) is 16.9 Å². The SMILES string of the molecule is C[C@@H](CC(=O)Cn1cnnn1)[C@H]1C(=O)N2C(C(=O)O)=C(S[C@@H]3CN[C@H](C(=O)N4CC5CCCNC5C4)C3)[C@H](C)[C@H]12. The normalized spacial score (nSPS) is 34.0. The van der Waals surface area contributed by atoms with Crippen molar-refractivity contribution in [1.29, 1.82) is 0 Å². The lowest BCUT2D eigenvalue weighted by Gasteiger charge is -2.47. The average Bonchev–Trinajstić information content (AvgIpc) is 3.71. The van der Waals surface area contributed by atoms with E-state index in [1.807, 2.05) is 18.7 Å². The highest BCUT2D eigenvalue weighted by Crippen LogP contribution is 2.53. The number of hydrogen-bond donors (Lipinski definition) is 3. The molecule has 4 saturated heterocycles. The van der Waals surface area contributed by atoms with Crippen molar-refractivity contribution in [2.45, 2.75) is 69.5 Å². The van der Waals surface area contributed by atoms with Gasteiger partial charge in [-0.1, -0.05) is 13.8 Å². The van der Waals surface area contributed by atoms with E-state index < -0.39 is 11.9 Å². The van der Waals surface area contributed by atoms with Crippen LogP contribution in [-0.2, 0) is 25.7 Å². The summed E-state index contributed by atoms with van der Waals surface area (Å²) >= 11 is 1.49. The molecule has 3 N–H and O–H groups in total. The number of piperidine rings is 1. The quantitative estimate of drug-likeness (QED) is 0.334. The number of likely N-dealkylation sites (tertiary alicyclic amines) is 1. The van der Waals surface area contributed by atoms with Gasteiger partial charge in [0.05, 0.1) is 18.0 Å². The van der Waals surface area contributed by atoms with Gasteiger partial charge in [0.15, 0.2) is 5.78 Å². The zero-order valence-corrected chi connectivity index (χ0v) is 23.5. The largest absolute Gasteiger partial charge is 0.477 e. The van der Waals surface area contributed by atoms with Crippen LogP contribution in [0.4, 0.5) is 0 Å². The molecule has 5 aliphatic rings. The van der Waals surface area contributed by atoms with Gasteiger partial charge in [-0.25, -0.2) is 9.48 Å². The molecular formula is C26H36N8O5S. The van der Waals surface area contributed by atoms with Crippen LogP contribution in [0.2, 0.25) is 0 Å². The minimum absolute atomic E-state index is 0.0335. The third-order valence-corrected chi connectivity index (χ3v) is 10.8. The van der Waals surface area contributed by atoms with Crippen molar-refractivity contribution in [2.24, 2.45) is 23.7 Å².